The summed E-state index contributed by atoms with van der Waals surface area (Å²) in [6.07, 6.45) is 1.23. The van der Waals surface area contributed by atoms with E-state index in [-0.39, 0.29) is 6.54 Å². The first-order valence-electron chi connectivity index (χ1n) is 5.32. The van der Waals surface area contributed by atoms with Gasteiger partial charge in [0.2, 0.25) is 10.0 Å². The quantitative estimate of drug-likeness (QED) is 0.470. The molecule has 9 heteroatoms. The second-order valence-electron chi connectivity index (χ2n) is 3.83. The van der Waals surface area contributed by atoms with E-state index in [4.69, 9.17) is 5.11 Å². The van der Waals surface area contributed by atoms with Gasteiger partial charge in [-0.25, -0.2) is 17.9 Å². The third-order valence-corrected chi connectivity index (χ3v) is 3.63. The molecule has 1 atom stereocenters. The minimum Gasteiger partial charge on any atom is -0.393 e. The maximum atomic E-state index is 11.7. The normalized spacial score (nSPS) is 13.4. The first-order chi connectivity index (χ1) is 8.33. The van der Waals surface area contributed by atoms with Gasteiger partial charge >= 0.3 is 5.69 Å². The van der Waals surface area contributed by atoms with E-state index in [1.54, 1.807) is 6.92 Å². The predicted octanol–water partition coefficient (Wildman–Crippen LogP) is -1.50. The lowest BCUT2D eigenvalue weighted by atomic mass is 10.2. The van der Waals surface area contributed by atoms with Gasteiger partial charge in [0, 0.05) is 12.7 Å². The van der Waals surface area contributed by atoms with Crippen molar-refractivity contribution in [1.29, 1.82) is 0 Å². The first-order valence-corrected chi connectivity index (χ1v) is 6.81. The molecule has 0 aromatic carbocycles. The van der Waals surface area contributed by atoms with E-state index in [9.17, 15) is 18.0 Å². The van der Waals surface area contributed by atoms with Crippen LogP contribution < -0.4 is 16.0 Å². The number of rotatable bonds is 6. The summed E-state index contributed by atoms with van der Waals surface area (Å²) in [5.41, 5.74) is -1.74. The summed E-state index contributed by atoms with van der Waals surface area (Å²) in [5, 5.41) is 9.00. The summed E-state index contributed by atoms with van der Waals surface area (Å²) in [4.78, 5) is 25.4. The fraction of sp³-hybridized carbons (Fsp3) is 0.556. The van der Waals surface area contributed by atoms with Gasteiger partial charge in [0.1, 0.15) is 0 Å². The Morgan fingerprint density at radius 2 is 2.11 bits per heavy atom. The standard InChI is InChI=1S/C9H15N3O5S/c1-6(13)3-2-4-11-18(16,17)7-5-10-9(15)12-8(7)14/h5-6,11,13H,2-4H2,1H3,(H2,10,12,14,15). The Bertz CT molecular complexity index is 601. The molecule has 1 heterocycles. The van der Waals surface area contributed by atoms with Gasteiger partial charge in [0.15, 0.2) is 4.90 Å². The van der Waals surface area contributed by atoms with Crippen molar-refractivity contribution in [2.75, 3.05) is 6.54 Å². The Morgan fingerprint density at radius 3 is 2.67 bits per heavy atom. The molecule has 102 valence electrons. The Morgan fingerprint density at radius 1 is 1.44 bits per heavy atom. The molecule has 1 rings (SSSR count). The van der Waals surface area contributed by atoms with Crippen LogP contribution in [-0.4, -0.2) is 36.1 Å². The number of aromatic nitrogens is 2. The van der Waals surface area contributed by atoms with Crippen LogP contribution in [0.3, 0.4) is 0 Å². The maximum absolute atomic E-state index is 11.7. The van der Waals surface area contributed by atoms with Crippen molar-refractivity contribution >= 4 is 10.0 Å². The molecule has 1 unspecified atom stereocenters. The van der Waals surface area contributed by atoms with Gasteiger partial charge in [-0.15, -0.1) is 0 Å². The van der Waals surface area contributed by atoms with Crippen molar-refractivity contribution in [2.24, 2.45) is 0 Å². The second kappa shape index (κ2) is 5.94. The highest BCUT2D eigenvalue weighted by molar-refractivity contribution is 7.89. The molecule has 0 amide bonds. The third kappa shape index (κ3) is 4.09. The highest BCUT2D eigenvalue weighted by Gasteiger charge is 2.17. The van der Waals surface area contributed by atoms with Crippen LogP contribution in [0.4, 0.5) is 0 Å². The second-order valence-corrected chi connectivity index (χ2v) is 5.56. The third-order valence-electron chi connectivity index (χ3n) is 2.17. The van der Waals surface area contributed by atoms with E-state index < -0.39 is 32.3 Å². The number of H-pyrrole nitrogens is 2. The molecule has 1 aromatic rings. The number of hydrogen-bond donors (Lipinski definition) is 4. The molecule has 0 bridgehead atoms. The summed E-state index contributed by atoms with van der Waals surface area (Å²) in [6.45, 7) is 1.70. The molecule has 4 N–H and O–H groups in total. The van der Waals surface area contributed by atoms with E-state index in [0.717, 1.165) is 6.20 Å². The summed E-state index contributed by atoms with van der Waals surface area (Å²) in [7, 11) is -3.95. The topological polar surface area (TPSA) is 132 Å². The van der Waals surface area contributed by atoms with Crippen LogP contribution in [-0.2, 0) is 10.0 Å². The number of aliphatic hydroxyl groups is 1. The summed E-state index contributed by atoms with van der Waals surface area (Å²) < 4.78 is 25.6. The summed E-state index contributed by atoms with van der Waals surface area (Å²) in [5.74, 6) is 0. The van der Waals surface area contributed by atoms with Crippen molar-refractivity contribution in [2.45, 2.75) is 30.8 Å². The Labute approximate surface area is 103 Å². The first kappa shape index (κ1) is 14.6. The van der Waals surface area contributed by atoms with E-state index in [0.29, 0.717) is 12.8 Å². The lowest BCUT2D eigenvalue weighted by Gasteiger charge is -2.06. The number of sulfonamides is 1. The van der Waals surface area contributed by atoms with Gasteiger partial charge in [0.25, 0.3) is 5.56 Å². The van der Waals surface area contributed by atoms with Crippen LogP contribution in [0.5, 0.6) is 0 Å². The molecular formula is C9H15N3O5S. The highest BCUT2D eigenvalue weighted by atomic mass is 32.2. The molecule has 18 heavy (non-hydrogen) atoms. The van der Waals surface area contributed by atoms with Crippen LogP contribution in [0.2, 0.25) is 0 Å². The van der Waals surface area contributed by atoms with Crippen LogP contribution in [0.25, 0.3) is 0 Å². The maximum Gasteiger partial charge on any atom is 0.325 e. The molecule has 0 aliphatic carbocycles. The van der Waals surface area contributed by atoms with Crippen LogP contribution >= 0.6 is 0 Å². The van der Waals surface area contributed by atoms with Crippen molar-refractivity contribution in [3.63, 3.8) is 0 Å². The Hall–Kier alpha value is -1.45. The minimum absolute atomic E-state index is 0.103. The zero-order valence-electron chi connectivity index (χ0n) is 9.76. The van der Waals surface area contributed by atoms with E-state index in [2.05, 4.69) is 9.71 Å². The van der Waals surface area contributed by atoms with Gasteiger partial charge in [-0.2, -0.15) is 0 Å². The van der Waals surface area contributed by atoms with E-state index in [1.165, 1.54) is 0 Å². The van der Waals surface area contributed by atoms with Crippen molar-refractivity contribution < 1.29 is 13.5 Å². The molecule has 0 saturated heterocycles. The summed E-state index contributed by atoms with van der Waals surface area (Å²) >= 11 is 0. The minimum atomic E-state index is -3.95. The van der Waals surface area contributed by atoms with Gasteiger partial charge < -0.3 is 10.1 Å². The zero-order chi connectivity index (χ0) is 13.8. The molecule has 8 nitrogen and oxygen atoms in total. The smallest absolute Gasteiger partial charge is 0.325 e. The summed E-state index contributed by atoms with van der Waals surface area (Å²) in [6, 6.07) is 0. The SMILES string of the molecule is CC(O)CCCNS(=O)(=O)c1c[nH]c(=O)[nH]c1=O. The van der Waals surface area contributed by atoms with Crippen LogP contribution in [0.15, 0.2) is 20.7 Å². The van der Waals surface area contributed by atoms with Crippen molar-refractivity contribution in [3.8, 4) is 0 Å². The van der Waals surface area contributed by atoms with E-state index in [1.807, 2.05) is 4.98 Å². The molecule has 0 fully saturated rings. The molecule has 0 saturated carbocycles. The monoisotopic (exact) mass is 277 g/mol. The molecule has 1 aromatic heterocycles. The van der Waals surface area contributed by atoms with Gasteiger partial charge in [-0.05, 0) is 19.8 Å². The van der Waals surface area contributed by atoms with E-state index >= 15 is 0 Å². The molecule has 0 spiro atoms. The van der Waals surface area contributed by atoms with Crippen LogP contribution in [0.1, 0.15) is 19.8 Å². The van der Waals surface area contributed by atoms with Gasteiger partial charge in [-0.1, -0.05) is 0 Å². The highest BCUT2D eigenvalue weighted by Crippen LogP contribution is 2.00. The molecule has 0 radical (unpaired) electrons. The Balaban J connectivity index is 2.75. The van der Waals surface area contributed by atoms with Crippen molar-refractivity contribution in [3.05, 3.63) is 27.0 Å². The van der Waals surface area contributed by atoms with Gasteiger partial charge in [0.05, 0.1) is 6.10 Å². The molecule has 0 aliphatic rings. The molecule has 0 aliphatic heterocycles. The van der Waals surface area contributed by atoms with Crippen molar-refractivity contribution in [1.82, 2.24) is 14.7 Å². The van der Waals surface area contributed by atoms with Crippen LogP contribution in [0, 0.1) is 0 Å². The zero-order valence-corrected chi connectivity index (χ0v) is 10.6. The lowest BCUT2D eigenvalue weighted by molar-refractivity contribution is 0.182. The largest absolute Gasteiger partial charge is 0.393 e. The number of aromatic amines is 2. The number of nitrogens with one attached hydrogen (secondary N) is 3. The number of aliphatic hydroxyl groups excluding tert-OH is 1. The fourth-order valence-corrected chi connectivity index (χ4v) is 2.36. The Kier molecular flexibility index (Phi) is 4.82. The molecular weight excluding hydrogens is 262 g/mol. The average molecular weight is 277 g/mol. The fourth-order valence-electron chi connectivity index (χ4n) is 1.28. The number of hydrogen-bond acceptors (Lipinski definition) is 5. The van der Waals surface area contributed by atoms with Gasteiger partial charge in [-0.3, -0.25) is 9.78 Å². The predicted molar refractivity (Wildman–Crippen MR) is 63.8 cm³/mol. The average Bonchev–Trinajstić information content (AvgIpc) is 2.23. The lowest BCUT2D eigenvalue weighted by Crippen LogP contribution is -2.33.